The van der Waals surface area contributed by atoms with E-state index in [1.807, 2.05) is 41.2 Å². The number of imidazole rings is 1. The number of hydrogen-bond acceptors (Lipinski definition) is 4. The van der Waals surface area contributed by atoms with Gasteiger partial charge in [-0.25, -0.2) is 15.0 Å². The fourth-order valence-corrected chi connectivity index (χ4v) is 3.32. The first-order valence-corrected chi connectivity index (χ1v) is 8.29. The Morgan fingerprint density at radius 2 is 2.13 bits per heavy atom. The van der Waals surface area contributed by atoms with Gasteiger partial charge in [0.15, 0.2) is 0 Å². The van der Waals surface area contributed by atoms with Crippen molar-refractivity contribution in [3.63, 3.8) is 0 Å². The van der Waals surface area contributed by atoms with Crippen LogP contribution in [0.3, 0.4) is 0 Å². The van der Waals surface area contributed by atoms with Crippen LogP contribution >= 0.6 is 11.6 Å². The molecule has 0 N–H and O–H groups in total. The van der Waals surface area contributed by atoms with Gasteiger partial charge in [-0.05, 0) is 37.0 Å². The molecule has 1 saturated heterocycles. The van der Waals surface area contributed by atoms with Gasteiger partial charge < -0.3 is 4.90 Å². The van der Waals surface area contributed by atoms with E-state index in [2.05, 4.69) is 21.8 Å². The van der Waals surface area contributed by atoms with Crippen LogP contribution in [0.1, 0.15) is 19.8 Å². The molecule has 0 amide bonds. The van der Waals surface area contributed by atoms with Gasteiger partial charge in [0.1, 0.15) is 5.65 Å². The lowest BCUT2D eigenvalue weighted by Crippen LogP contribution is -2.35. The van der Waals surface area contributed by atoms with Crippen LogP contribution in [0.4, 0.5) is 5.95 Å². The summed E-state index contributed by atoms with van der Waals surface area (Å²) in [6.07, 6.45) is 7.99. The molecular formula is C17H18ClN5. The predicted octanol–water partition coefficient (Wildman–Crippen LogP) is 3.68. The molecule has 3 aromatic heterocycles. The van der Waals surface area contributed by atoms with Gasteiger partial charge in [0.25, 0.3) is 0 Å². The van der Waals surface area contributed by atoms with E-state index < -0.39 is 0 Å². The van der Waals surface area contributed by atoms with Crippen molar-refractivity contribution >= 4 is 23.2 Å². The summed E-state index contributed by atoms with van der Waals surface area (Å²) in [6, 6.07) is 5.66. The normalized spacial score (nSPS) is 18.5. The van der Waals surface area contributed by atoms with Gasteiger partial charge in [-0.2, -0.15) is 0 Å². The zero-order valence-corrected chi connectivity index (χ0v) is 13.7. The maximum Gasteiger partial charge on any atom is 0.225 e. The highest BCUT2D eigenvalue weighted by Crippen LogP contribution is 2.24. The van der Waals surface area contributed by atoms with Gasteiger partial charge >= 0.3 is 0 Å². The number of pyridine rings is 1. The minimum atomic E-state index is 0.677. The SMILES string of the molecule is CC1CCCN(c2nccc(-c3cnc4ccc(Cl)cn34)n2)C1. The van der Waals surface area contributed by atoms with Crippen LogP contribution in [0.2, 0.25) is 5.02 Å². The van der Waals surface area contributed by atoms with Gasteiger partial charge in [0.05, 0.1) is 22.6 Å². The third-order valence-electron chi connectivity index (χ3n) is 4.31. The van der Waals surface area contributed by atoms with Crippen molar-refractivity contribution in [2.75, 3.05) is 18.0 Å². The van der Waals surface area contributed by atoms with Crippen molar-refractivity contribution < 1.29 is 0 Å². The van der Waals surface area contributed by atoms with Gasteiger partial charge in [-0.1, -0.05) is 18.5 Å². The topological polar surface area (TPSA) is 46.3 Å². The van der Waals surface area contributed by atoms with Crippen molar-refractivity contribution in [2.24, 2.45) is 5.92 Å². The quantitative estimate of drug-likeness (QED) is 0.720. The highest BCUT2D eigenvalue weighted by Gasteiger charge is 2.19. The maximum absolute atomic E-state index is 6.11. The number of hydrogen-bond donors (Lipinski definition) is 0. The first-order chi connectivity index (χ1) is 11.2. The summed E-state index contributed by atoms with van der Waals surface area (Å²) in [5, 5.41) is 0.677. The monoisotopic (exact) mass is 327 g/mol. The van der Waals surface area contributed by atoms with Crippen molar-refractivity contribution in [2.45, 2.75) is 19.8 Å². The minimum Gasteiger partial charge on any atom is -0.341 e. The fourth-order valence-electron chi connectivity index (χ4n) is 3.16. The third kappa shape index (κ3) is 2.77. The smallest absolute Gasteiger partial charge is 0.225 e. The van der Waals surface area contributed by atoms with Crippen LogP contribution in [0.25, 0.3) is 17.0 Å². The average Bonchev–Trinajstić information content (AvgIpc) is 2.98. The van der Waals surface area contributed by atoms with Crippen LogP contribution < -0.4 is 4.90 Å². The molecule has 1 fully saturated rings. The summed E-state index contributed by atoms with van der Waals surface area (Å²) in [7, 11) is 0. The Labute approximate surface area is 140 Å². The van der Waals surface area contributed by atoms with Crippen LogP contribution in [0, 0.1) is 5.92 Å². The molecule has 0 bridgehead atoms. The molecule has 0 spiro atoms. The van der Waals surface area contributed by atoms with Gasteiger partial charge in [-0.15, -0.1) is 0 Å². The molecule has 5 nitrogen and oxygen atoms in total. The summed E-state index contributed by atoms with van der Waals surface area (Å²) in [6.45, 7) is 4.32. The molecule has 1 unspecified atom stereocenters. The molecule has 1 aliphatic heterocycles. The molecule has 0 aromatic carbocycles. The molecule has 4 rings (SSSR count). The summed E-state index contributed by atoms with van der Waals surface area (Å²) < 4.78 is 1.97. The molecule has 3 aromatic rings. The van der Waals surface area contributed by atoms with E-state index in [1.165, 1.54) is 12.8 Å². The average molecular weight is 328 g/mol. The highest BCUT2D eigenvalue weighted by atomic mass is 35.5. The zero-order valence-electron chi connectivity index (χ0n) is 13.0. The van der Waals surface area contributed by atoms with E-state index >= 15 is 0 Å². The molecule has 4 heterocycles. The third-order valence-corrected chi connectivity index (χ3v) is 4.54. The number of piperidine rings is 1. The van der Waals surface area contributed by atoms with E-state index in [-0.39, 0.29) is 0 Å². The molecule has 0 radical (unpaired) electrons. The van der Waals surface area contributed by atoms with Crippen LogP contribution in [-0.2, 0) is 0 Å². The Hall–Kier alpha value is -2.14. The van der Waals surface area contributed by atoms with Crippen molar-refractivity contribution in [3.05, 3.63) is 41.8 Å². The molecule has 1 aliphatic rings. The number of nitrogens with zero attached hydrogens (tertiary/aromatic N) is 5. The lowest BCUT2D eigenvalue weighted by Gasteiger charge is -2.30. The van der Waals surface area contributed by atoms with E-state index in [1.54, 1.807) is 0 Å². The molecule has 23 heavy (non-hydrogen) atoms. The summed E-state index contributed by atoms with van der Waals surface area (Å²) in [5.41, 5.74) is 2.65. The van der Waals surface area contributed by atoms with Crippen molar-refractivity contribution in [3.8, 4) is 11.4 Å². The van der Waals surface area contributed by atoms with Gasteiger partial charge in [0.2, 0.25) is 5.95 Å². The summed E-state index contributed by atoms with van der Waals surface area (Å²) in [5.74, 6) is 1.48. The Bertz CT molecular complexity index is 844. The largest absolute Gasteiger partial charge is 0.341 e. The summed E-state index contributed by atoms with van der Waals surface area (Å²) >= 11 is 6.11. The Balaban J connectivity index is 1.74. The highest BCUT2D eigenvalue weighted by molar-refractivity contribution is 6.30. The number of fused-ring (bicyclic) bond motifs is 1. The Kier molecular flexibility index (Phi) is 3.65. The van der Waals surface area contributed by atoms with Crippen LogP contribution in [-0.4, -0.2) is 32.4 Å². The van der Waals surface area contributed by atoms with Crippen molar-refractivity contribution in [1.29, 1.82) is 0 Å². The second kappa shape index (κ2) is 5.81. The number of anilines is 1. The Morgan fingerprint density at radius 1 is 1.22 bits per heavy atom. The number of halogens is 1. The molecule has 0 saturated carbocycles. The minimum absolute atomic E-state index is 0.677. The first-order valence-electron chi connectivity index (χ1n) is 7.92. The number of rotatable bonds is 2. The van der Waals surface area contributed by atoms with E-state index in [4.69, 9.17) is 16.6 Å². The van der Waals surface area contributed by atoms with Crippen LogP contribution in [0.5, 0.6) is 0 Å². The predicted molar refractivity (Wildman–Crippen MR) is 91.8 cm³/mol. The Morgan fingerprint density at radius 3 is 3.00 bits per heavy atom. The lowest BCUT2D eigenvalue weighted by molar-refractivity contribution is 0.442. The molecule has 118 valence electrons. The van der Waals surface area contributed by atoms with E-state index in [0.717, 1.165) is 36.1 Å². The van der Waals surface area contributed by atoms with Crippen LogP contribution in [0.15, 0.2) is 36.8 Å². The first kappa shape index (κ1) is 14.5. The summed E-state index contributed by atoms with van der Waals surface area (Å²) in [4.78, 5) is 15.9. The standard InChI is InChI=1S/C17H18ClN5/c1-12-3-2-8-22(10-12)17-19-7-6-14(21-17)15-9-20-16-5-4-13(18)11-23(15)16/h4-7,9,11-12H,2-3,8,10H2,1H3. The lowest BCUT2D eigenvalue weighted by atomic mass is 10.0. The maximum atomic E-state index is 6.11. The van der Waals surface area contributed by atoms with Crippen molar-refractivity contribution in [1.82, 2.24) is 19.4 Å². The second-order valence-corrected chi connectivity index (χ2v) is 6.59. The molecule has 0 aliphatic carbocycles. The number of aromatic nitrogens is 4. The van der Waals surface area contributed by atoms with Gasteiger partial charge in [0, 0.05) is 25.5 Å². The van der Waals surface area contributed by atoms with E-state index in [0.29, 0.717) is 10.9 Å². The molecular weight excluding hydrogens is 310 g/mol. The zero-order chi connectivity index (χ0) is 15.8. The molecule has 1 atom stereocenters. The fraction of sp³-hybridized carbons (Fsp3) is 0.353. The second-order valence-electron chi connectivity index (χ2n) is 6.15. The molecule has 6 heteroatoms. The van der Waals surface area contributed by atoms with E-state index in [9.17, 15) is 0 Å². The van der Waals surface area contributed by atoms with Gasteiger partial charge in [-0.3, -0.25) is 4.40 Å².